The third kappa shape index (κ3) is 3.57. The summed E-state index contributed by atoms with van der Waals surface area (Å²) in [6.07, 6.45) is 0. The minimum atomic E-state index is -0.629. The number of benzene rings is 1. The molecular formula is C14H12N2O4S. The highest BCUT2D eigenvalue weighted by atomic mass is 32.2. The van der Waals surface area contributed by atoms with Crippen molar-refractivity contribution >= 4 is 23.4 Å². The van der Waals surface area contributed by atoms with Gasteiger partial charge in [0.25, 0.3) is 0 Å². The number of hydrogen-bond acceptors (Lipinski definition) is 6. The Morgan fingerprint density at radius 3 is 2.71 bits per heavy atom. The van der Waals surface area contributed by atoms with E-state index in [4.69, 9.17) is 0 Å². The maximum Gasteiger partial charge on any atom is 0.356 e. The lowest BCUT2D eigenvalue weighted by Gasteiger charge is -2.05. The van der Waals surface area contributed by atoms with E-state index in [1.165, 1.54) is 19.2 Å². The van der Waals surface area contributed by atoms with Gasteiger partial charge in [-0.3, -0.25) is 10.1 Å². The standard InChI is InChI=1S/C14H12N2O4S/c1-9-4-3-5-10(8-9)21-13-12(16(18)19)7-6-11(15-13)14(17)20-2/h3-8H,1-2H3. The van der Waals surface area contributed by atoms with Crippen LogP contribution in [-0.2, 0) is 4.74 Å². The zero-order chi connectivity index (χ0) is 15.4. The Morgan fingerprint density at radius 1 is 1.33 bits per heavy atom. The zero-order valence-corrected chi connectivity index (χ0v) is 12.2. The van der Waals surface area contributed by atoms with Crippen LogP contribution in [0.2, 0.25) is 0 Å². The molecule has 2 aromatic rings. The monoisotopic (exact) mass is 304 g/mol. The summed E-state index contributed by atoms with van der Waals surface area (Å²) in [4.78, 5) is 26.9. The fourth-order valence-electron chi connectivity index (χ4n) is 1.66. The molecule has 0 saturated heterocycles. The first-order valence-electron chi connectivity index (χ1n) is 5.99. The first kappa shape index (κ1) is 15.0. The van der Waals surface area contributed by atoms with Crippen LogP contribution in [0.3, 0.4) is 0 Å². The first-order chi connectivity index (χ1) is 10.0. The van der Waals surface area contributed by atoms with Gasteiger partial charge >= 0.3 is 11.7 Å². The van der Waals surface area contributed by atoms with Gasteiger partial charge in [0.15, 0.2) is 5.03 Å². The lowest BCUT2D eigenvalue weighted by molar-refractivity contribution is -0.388. The average molecular weight is 304 g/mol. The van der Waals surface area contributed by atoms with Crippen LogP contribution in [0, 0.1) is 17.0 Å². The largest absolute Gasteiger partial charge is 0.464 e. The second-order valence-electron chi connectivity index (χ2n) is 4.19. The van der Waals surface area contributed by atoms with Gasteiger partial charge in [0.1, 0.15) is 5.69 Å². The maximum atomic E-state index is 11.5. The van der Waals surface area contributed by atoms with E-state index in [-0.39, 0.29) is 16.4 Å². The number of hydrogen-bond donors (Lipinski definition) is 0. The summed E-state index contributed by atoms with van der Waals surface area (Å²) in [5, 5.41) is 11.2. The van der Waals surface area contributed by atoms with E-state index in [0.717, 1.165) is 22.2 Å². The second-order valence-corrected chi connectivity index (χ2v) is 5.25. The molecule has 0 aliphatic rings. The molecule has 0 saturated carbocycles. The molecule has 7 heteroatoms. The van der Waals surface area contributed by atoms with Crippen LogP contribution in [0.25, 0.3) is 0 Å². The number of nitro groups is 1. The van der Waals surface area contributed by atoms with Crippen molar-refractivity contribution in [3.8, 4) is 0 Å². The van der Waals surface area contributed by atoms with Gasteiger partial charge in [-0.05, 0) is 25.1 Å². The minimum Gasteiger partial charge on any atom is -0.464 e. The molecule has 0 unspecified atom stereocenters. The van der Waals surface area contributed by atoms with Crippen molar-refractivity contribution in [2.45, 2.75) is 16.8 Å². The smallest absolute Gasteiger partial charge is 0.356 e. The van der Waals surface area contributed by atoms with E-state index >= 15 is 0 Å². The van der Waals surface area contributed by atoms with E-state index in [2.05, 4.69) is 9.72 Å². The van der Waals surface area contributed by atoms with Gasteiger partial charge in [0.2, 0.25) is 0 Å². The van der Waals surface area contributed by atoms with E-state index in [1.807, 2.05) is 31.2 Å². The molecule has 6 nitrogen and oxygen atoms in total. The Hall–Kier alpha value is -2.41. The number of methoxy groups -OCH3 is 1. The van der Waals surface area contributed by atoms with Crippen molar-refractivity contribution in [3.05, 3.63) is 57.8 Å². The maximum absolute atomic E-state index is 11.5. The first-order valence-corrected chi connectivity index (χ1v) is 6.81. The van der Waals surface area contributed by atoms with Crippen molar-refractivity contribution in [3.63, 3.8) is 0 Å². The second kappa shape index (κ2) is 6.36. The van der Waals surface area contributed by atoms with Gasteiger partial charge in [-0.1, -0.05) is 29.5 Å². The van der Waals surface area contributed by atoms with Crippen LogP contribution in [0.4, 0.5) is 5.69 Å². The van der Waals surface area contributed by atoms with Crippen molar-refractivity contribution in [2.24, 2.45) is 0 Å². The molecule has 0 aliphatic carbocycles. The Balaban J connectivity index is 2.43. The normalized spacial score (nSPS) is 10.2. The van der Waals surface area contributed by atoms with Gasteiger partial charge in [0, 0.05) is 11.0 Å². The van der Waals surface area contributed by atoms with Crippen molar-refractivity contribution in [2.75, 3.05) is 7.11 Å². The molecular weight excluding hydrogens is 292 g/mol. The lowest BCUT2D eigenvalue weighted by Crippen LogP contribution is -2.06. The molecule has 21 heavy (non-hydrogen) atoms. The molecule has 0 bridgehead atoms. The zero-order valence-electron chi connectivity index (χ0n) is 11.4. The summed E-state index contributed by atoms with van der Waals surface area (Å²) >= 11 is 1.14. The van der Waals surface area contributed by atoms with Crippen molar-refractivity contribution < 1.29 is 14.5 Å². The lowest BCUT2D eigenvalue weighted by atomic mass is 10.2. The number of esters is 1. The molecule has 1 aromatic carbocycles. The van der Waals surface area contributed by atoms with Crippen LogP contribution in [-0.4, -0.2) is 23.0 Å². The van der Waals surface area contributed by atoms with Crippen LogP contribution in [0.5, 0.6) is 0 Å². The van der Waals surface area contributed by atoms with Gasteiger partial charge in [-0.2, -0.15) is 0 Å². The fourth-order valence-corrected chi connectivity index (χ4v) is 2.66. The van der Waals surface area contributed by atoms with E-state index in [1.54, 1.807) is 0 Å². The molecule has 108 valence electrons. The van der Waals surface area contributed by atoms with E-state index < -0.39 is 10.9 Å². The fraction of sp³-hybridized carbons (Fsp3) is 0.143. The quantitative estimate of drug-likeness (QED) is 0.490. The number of nitrogens with zero attached hydrogens (tertiary/aromatic N) is 2. The Kier molecular flexibility index (Phi) is 4.54. The molecule has 1 aromatic heterocycles. The Morgan fingerprint density at radius 2 is 2.10 bits per heavy atom. The van der Waals surface area contributed by atoms with Crippen LogP contribution < -0.4 is 0 Å². The van der Waals surface area contributed by atoms with Crippen LogP contribution in [0.1, 0.15) is 16.1 Å². The van der Waals surface area contributed by atoms with Crippen molar-refractivity contribution in [1.82, 2.24) is 4.98 Å². The van der Waals surface area contributed by atoms with E-state index in [0.29, 0.717) is 0 Å². The highest BCUT2D eigenvalue weighted by Gasteiger charge is 2.20. The van der Waals surface area contributed by atoms with Crippen LogP contribution >= 0.6 is 11.8 Å². The molecule has 2 rings (SSSR count). The molecule has 1 heterocycles. The summed E-state index contributed by atoms with van der Waals surface area (Å²) in [5.41, 5.74) is 0.930. The number of rotatable bonds is 4. The summed E-state index contributed by atoms with van der Waals surface area (Å²) in [5.74, 6) is -0.629. The molecule has 0 spiro atoms. The number of ether oxygens (including phenoxy) is 1. The minimum absolute atomic E-state index is 0.0400. The van der Waals surface area contributed by atoms with Crippen LogP contribution in [0.15, 0.2) is 46.3 Å². The summed E-state index contributed by atoms with van der Waals surface area (Å²) in [6, 6.07) is 10.0. The number of aromatic nitrogens is 1. The topological polar surface area (TPSA) is 82.3 Å². The molecule has 0 atom stereocenters. The molecule has 0 amide bonds. The number of pyridine rings is 1. The predicted molar refractivity (Wildman–Crippen MR) is 77.5 cm³/mol. The molecule has 0 radical (unpaired) electrons. The average Bonchev–Trinajstić information content (AvgIpc) is 2.46. The summed E-state index contributed by atoms with van der Waals surface area (Å²) in [6.45, 7) is 1.93. The third-order valence-corrected chi connectivity index (χ3v) is 3.62. The number of aryl methyl sites for hydroxylation is 1. The Bertz CT molecular complexity index is 703. The van der Waals surface area contributed by atoms with E-state index in [9.17, 15) is 14.9 Å². The highest BCUT2D eigenvalue weighted by Crippen LogP contribution is 2.33. The Labute approximate surface area is 125 Å². The molecule has 0 N–H and O–H groups in total. The third-order valence-electron chi connectivity index (χ3n) is 2.64. The van der Waals surface area contributed by atoms with Crippen molar-refractivity contribution in [1.29, 1.82) is 0 Å². The SMILES string of the molecule is COC(=O)c1ccc([N+](=O)[O-])c(Sc2cccc(C)c2)n1. The molecule has 0 fully saturated rings. The predicted octanol–water partition coefficient (Wildman–Crippen LogP) is 3.24. The van der Waals surface area contributed by atoms with Gasteiger partial charge in [0.05, 0.1) is 12.0 Å². The van der Waals surface area contributed by atoms with Gasteiger partial charge in [-0.15, -0.1) is 0 Å². The van der Waals surface area contributed by atoms with Gasteiger partial charge < -0.3 is 4.74 Å². The van der Waals surface area contributed by atoms with Gasteiger partial charge in [-0.25, -0.2) is 9.78 Å². The molecule has 0 aliphatic heterocycles. The number of carbonyl (C=O) groups excluding carboxylic acids is 1. The summed E-state index contributed by atoms with van der Waals surface area (Å²) < 4.78 is 4.58. The number of carbonyl (C=O) groups is 1. The summed E-state index contributed by atoms with van der Waals surface area (Å²) in [7, 11) is 1.23. The highest BCUT2D eigenvalue weighted by molar-refractivity contribution is 7.99.